The average molecular weight is 529 g/mol. The highest BCUT2D eigenvalue weighted by atomic mass is 32.2. The zero-order valence-electron chi connectivity index (χ0n) is 19.1. The Bertz CT molecular complexity index is 1160. The number of ether oxygens (including phenoxy) is 1. The molecule has 0 saturated carbocycles. The summed E-state index contributed by atoms with van der Waals surface area (Å²) in [6.45, 7) is 0.389. The average Bonchev–Trinajstić information content (AvgIpc) is 3.35. The molecule has 0 spiro atoms. The Kier molecular flexibility index (Phi) is 7.68. The van der Waals surface area contributed by atoms with E-state index in [-0.39, 0.29) is 34.8 Å². The molecule has 0 radical (unpaired) electrons. The van der Waals surface area contributed by atoms with Gasteiger partial charge in [0, 0.05) is 29.3 Å². The van der Waals surface area contributed by atoms with E-state index in [1.807, 2.05) is 24.3 Å². The molecule has 0 bridgehead atoms. The zero-order chi connectivity index (χ0) is 25.2. The Morgan fingerprint density at radius 2 is 1.89 bits per heavy atom. The molecule has 190 valence electrons. The lowest BCUT2D eigenvalue weighted by Gasteiger charge is -2.26. The summed E-state index contributed by atoms with van der Waals surface area (Å²) in [6.07, 6.45) is -3.71. The van der Waals surface area contributed by atoms with Gasteiger partial charge >= 0.3 is 6.18 Å². The minimum Gasteiger partial charge on any atom is -0.497 e. The van der Waals surface area contributed by atoms with Crippen LogP contribution in [0.4, 0.5) is 13.2 Å². The fourth-order valence-electron chi connectivity index (χ4n) is 4.60. The first-order valence-electron chi connectivity index (χ1n) is 11.2. The van der Waals surface area contributed by atoms with Crippen molar-refractivity contribution in [2.24, 2.45) is 0 Å². The van der Waals surface area contributed by atoms with Gasteiger partial charge in [-0.05, 0) is 48.7 Å². The van der Waals surface area contributed by atoms with E-state index in [4.69, 9.17) is 4.74 Å². The van der Waals surface area contributed by atoms with Crippen LogP contribution in [0.3, 0.4) is 0 Å². The normalized spacial score (nSPS) is 24.4. The SMILES string of the molecule is COc1ccc(S[C@@H]2C[C@@H](C(=O)NC3CCS(=O)(=O)C3)N(Cc3ccccc3C(F)(F)F)C2)cc1. The van der Waals surface area contributed by atoms with Crippen molar-refractivity contribution in [3.63, 3.8) is 0 Å². The predicted octanol–water partition coefficient (Wildman–Crippen LogP) is 3.75. The van der Waals surface area contributed by atoms with Crippen molar-refractivity contribution >= 4 is 27.5 Å². The molecule has 2 aromatic rings. The van der Waals surface area contributed by atoms with E-state index in [0.29, 0.717) is 19.4 Å². The lowest BCUT2D eigenvalue weighted by atomic mass is 10.1. The summed E-state index contributed by atoms with van der Waals surface area (Å²) in [5.74, 6) is 0.303. The van der Waals surface area contributed by atoms with Gasteiger partial charge in [-0.15, -0.1) is 11.8 Å². The Balaban J connectivity index is 1.53. The first kappa shape index (κ1) is 25.8. The van der Waals surface area contributed by atoms with Crippen molar-refractivity contribution in [3.05, 3.63) is 59.7 Å². The quantitative estimate of drug-likeness (QED) is 0.590. The molecular formula is C24H27F3N2O4S2. The number of amides is 1. The van der Waals surface area contributed by atoms with Gasteiger partial charge in [-0.3, -0.25) is 9.69 Å². The molecule has 1 amide bonds. The van der Waals surface area contributed by atoms with Crippen LogP contribution < -0.4 is 10.1 Å². The van der Waals surface area contributed by atoms with Crippen LogP contribution >= 0.6 is 11.8 Å². The summed E-state index contributed by atoms with van der Waals surface area (Å²) < 4.78 is 69.5. The van der Waals surface area contributed by atoms with E-state index >= 15 is 0 Å². The Labute approximate surface area is 207 Å². The third kappa shape index (κ3) is 6.50. The van der Waals surface area contributed by atoms with E-state index in [0.717, 1.165) is 16.7 Å². The van der Waals surface area contributed by atoms with Gasteiger partial charge in [0.05, 0.1) is 30.2 Å². The maximum Gasteiger partial charge on any atom is 0.416 e. The fourth-order valence-corrected chi connectivity index (χ4v) is 7.50. The number of nitrogens with one attached hydrogen (secondary N) is 1. The van der Waals surface area contributed by atoms with E-state index in [1.165, 1.54) is 12.1 Å². The number of thioether (sulfide) groups is 1. The molecule has 2 aliphatic heterocycles. The van der Waals surface area contributed by atoms with Crippen molar-refractivity contribution in [1.29, 1.82) is 0 Å². The second-order valence-corrected chi connectivity index (χ2v) is 12.5. The van der Waals surface area contributed by atoms with Crippen LogP contribution in [0.1, 0.15) is 24.0 Å². The number of hydrogen-bond acceptors (Lipinski definition) is 6. The van der Waals surface area contributed by atoms with Gasteiger partial charge in [-0.2, -0.15) is 13.2 Å². The lowest BCUT2D eigenvalue weighted by molar-refractivity contribution is -0.138. The highest BCUT2D eigenvalue weighted by Crippen LogP contribution is 2.37. The van der Waals surface area contributed by atoms with Crippen LogP contribution in [0.25, 0.3) is 0 Å². The van der Waals surface area contributed by atoms with Crippen LogP contribution in [0, 0.1) is 0 Å². The largest absolute Gasteiger partial charge is 0.497 e. The van der Waals surface area contributed by atoms with Gasteiger partial charge in [-0.1, -0.05) is 18.2 Å². The number of nitrogens with zero attached hydrogens (tertiary/aromatic N) is 1. The predicted molar refractivity (Wildman–Crippen MR) is 128 cm³/mol. The molecular weight excluding hydrogens is 501 g/mol. The highest BCUT2D eigenvalue weighted by molar-refractivity contribution is 8.00. The molecule has 2 aromatic carbocycles. The summed E-state index contributed by atoms with van der Waals surface area (Å²) in [5.41, 5.74) is -0.608. The molecule has 6 nitrogen and oxygen atoms in total. The van der Waals surface area contributed by atoms with Gasteiger partial charge in [0.15, 0.2) is 9.84 Å². The first-order valence-corrected chi connectivity index (χ1v) is 13.9. The van der Waals surface area contributed by atoms with Crippen molar-refractivity contribution in [1.82, 2.24) is 10.2 Å². The number of hydrogen-bond donors (Lipinski definition) is 1. The maximum absolute atomic E-state index is 13.6. The van der Waals surface area contributed by atoms with Crippen molar-refractivity contribution in [3.8, 4) is 5.75 Å². The molecule has 35 heavy (non-hydrogen) atoms. The first-order chi connectivity index (χ1) is 16.5. The number of carbonyl (C=O) groups excluding carboxylic acids is 1. The third-order valence-corrected chi connectivity index (χ3v) is 9.29. The van der Waals surface area contributed by atoms with Crippen LogP contribution in [-0.4, -0.2) is 61.7 Å². The van der Waals surface area contributed by atoms with Gasteiger partial charge < -0.3 is 10.1 Å². The second kappa shape index (κ2) is 10.4. The van der Waals surface area contributed by atoms with E-state index in [1.54, 1.807) is 29.8 Å². The molecule has 0 aromatic heterocycles. The van der Waals surface area contributed by atoms with E-state index in [2.05, 4.69) is 5.32 Å². The number of halogens is 3. The third-order valence-electron chi connectivity index (χ3n) is 6.30. The van der Waals surface area contributed by atoms with E-state index < -0.39 is 33.7 Å². The lowest BCUT2D eigenvalue weighted by Crippen LogP contribution is -2.47. The van der Waals surface area contributed by atoms with Crippen LogP contribution in [0.15, 0.2) is 53.4 Å². The number of rotatable bonds is 7. The van der Waals surface area contributed by atoms with Crippen molar-refractivity contribution in [2.75, 3.05) is 25.2 Å². The van der Waals surface area contributed by atoms with Crippen molar-refractivity contribution in [2.45, 2.75) is 47.8 Å². The number of alkyl halides is 3. The molecule has 3 atom stereocenters. The monoisotopic (exact) mass is 528 g/mol. The highest BCUT2D eigenvalue weighted by Gasteiger charge is 2.41. The molecule has 2 fully saturated rings. The van der Waals surface area contributed by atoms with Gasteiger partial charge in [0.1, 0.15) is 5.75 Å². The summed E-state index contributed by atoms with van der Waals surface area (Å²) in [4.78, 5) is 15.9. The maximum atomic E-state index is 13.6. The zero-order valence-corrected chi connectivity index (χ0v) is 20.8. The van der Waals surface area contributed by atoms with Gasteiger partial charge in [-0.25, -0.2) is 8.42 Å². The number of carbonyl (C=O) groups is 1. The number of sulfone groups is 1. The Morgan fingerprint density at radius 1 is 1.17 bits per heavy atom. The Morgan fingerprint density at radius 3 is 2.51 bits per heavy atom. The number of methoxy groups -OCH3 is 1. The minimum absolute atomic E-state index is 0.0236. The van der Waals surface area contributed by atoms with Gasteiger partial charge in [0.2, 0.25) is 5.91 Å². The van der Waals surface area contributed by atoms with Gasteiger partial charge in [0.25, 0.3) is 0 Å². The summed E-state index contributed by atoms with van der Waals surface area (Å²) in [7, 11) is -1.60. The molecule has 2 aliphatic rings. The van der Waals surface area contributed by atoms with Crippen LogP contribution in [0.2, 0.25) is 0 Å². The smallest absolute Gasteiger partial charge is 0.416 e. The van der Waals surface area contributed by atoms with Crippen LogP contribution in [-0.2, 0) is 27.4 Å². The second-order valence-electron chi connectivity index (χ2n) is 8.86. The molecule has 0 aliphatic carbocycles. The molecule has 11 heteroatoms. The molecule has 1 N–H and O–H groups in total. The number of likely N-dealkylation sites (tertiary alicyclic amines) is 1. The standard InChI is InChI=1S/C24H27F3N2O4S2/c1-33-18-6-8-19(9-7-18)34-20-12-22(23(30)28-17-10-11-35(31,32)15-17)29(14-20)13-16-4-2-3-5-21(16)24(25,26)27/h2-9,17,20,22H,10-15H2,1H3,(H,28,30)/t17?,20-,22+/m1/s1. The summed E-state index contributed by atoms with van der Waals surface area (Å²) in [6, 6.07) is 11.7. The Hall–Kier alpha value is -2.24. The van der Waals surface area contributed by atoms with Crippen molar-refractivity contribution < 1.29 is 31.1 Å². The summed E-state index contributed by atoms with van der Waals surface area (Å²) >= 11 is 1.56. The van der Waals surface area contributed by atoms with Crippen LogP contribution in [0.5, 0.6) is 5.75 Å². The number of benzene rings is 2. The minimum atomic E-state index is -4.50. The molecule has 2 heterocycles. The molecule has 2 saturated heterocycles. The topological polar surface area (TPSA) is 75.7 Å². The fraction of sp³-hybridized carbons (Fsp3) is 0.458. The molecule has 4 rings (SSSR count). The summed E-state index contributed by atoms with van der Waals surface area (Å²) in [5, 5.41) is 2.81. The molecule has 1 unspecified atom stereocenters. The van der Waals surface area contributed by atoms with E-state index in [9.17, 15) is 26.4 Å².